The predicted molar refractivity (Wildman–Crippen MR) is 138 cm³/mol. The summed E-state index contributed by atoms with van der Waals surface area (Å²) in [5.74, 6) is -0.303. The molecule has 2 N–H and O–H groups in total. The van der Waals surface area contributed by atoms with Crippen molar-refractivity contribution >= 4 is 23.0 Å². The Hall–Kier alpha value is -3.95. The molecule has 2 aromatic heterocycles. The van der Waals surface area contributed by atoms with Crippen molar-refractivity contribution in [3.63, 3.8) is 0 Å². The van der Waals surface area contributed by atoms with Gasteiger partial charge in [0.15, 0.2) is 11.5 Å². The number of benzene rings is 2. The second-order valence-corrected chi connectivity index (χ2v) is 10.0. The molecule has 5 rings (SSSR count). The molecule has 198 valence electrons. The van der Waals surface area contributed by atoms with Gasteiger partial charge in [-0.1, -0.05) is 36.2 Å². The molecule has 0 aliphatic heterocycles. The number of nitrogens with zero attached hydrogens (tertiary/aromatic N) is 4. The number of halogens is 3. The molecule has 4 aromatic rings. The summed E-state index contributed by atoms with van der Waals surface area (Å²) in [5.41, 5.74) is 3.41. The SMILES string of the molecule is Cc1ccc(C)c(-c2nc3nc(C(=O)O)nc(N[C@H](C)C4CCC4)c3n2Cc2ccc(C(F)(F)F)cc2)c1. The highest BCUT2D eigenvalue weighted by molar-refractivity contribution is 5.92. The predicted octanol–water partition coefficient (Wildman–Crippen LogP) is 6.48. The Morgan fingerprint density at radius 2 is 1.82 bits per heavy atom. The second-order valence-electron chi connectivity index (χ2n) is 10.0. The molecule has 0 unspecified atom stereocenters. The first-order valence-corrected chi connectivity index (χ1v) is 12.5. The summed E-state index contributed by atoms with van der Waals surface area (Å²) in [4.78, 5) is 25.2. The Labute approximate surface area is 217 Å². The normalized spacial score (nSPS) is 14.9. The molecule has 7 nitrogen and oxygen atoms in total. The Balaban J connectivity index is 1.71. The molecule has 1 atom stereocenters. The van der Waals surface area contributed by atoms with Crippen molar-refractivity contribution in [1.29, 1.82) is 0 Å². The van der Waals surface area contributed by atoms with Gasteiger partial charge in [-0.15, -0.1) is 0 Å². The molecule has 1 aliphatic rings. The molecule has 0 bridgehead atoms. The van der Waals surface area contributed by atoms with Gasteiger partial charge in [0.05, 0.1) is 5.56 Å². The van der Waals surface area contributed by atoms with Gasteiger partial charge in [0.2, 0.25) is 5.82 Å². The molecule has 0 radical (unpaired) electrons. The van der Waals surface area contributed by atoms with Crippen LogP contribution in [0.4, 0.5) is 19.0 Å². The highest BCUT2D eigenvalue weighted by Gasteiger charge is 2.30. The van der Waals surface area contributed by atoms with E-state index in [1.807, 2.05) is 43.5 Å². The molecule has 0 saturated heterocycles. The van der Waals surface area contributed by atoms with Crippen LogP contribution in [0.5, 0.6) is 0 Å². The smallest absolute Gasteiger partial charge is 0.416 e. The minimum absolute atomic E-state index is 0.0436. The van der Waals surface area contributed by atoms with Crippen molar-refractivity contribution in [2.75, 3.05) is 5.32 Å². The van der Waals surface area contributed by atoms with E-state index < -0.39 is 17.7 Å². The first kappa shape index (κ1) is 25.7. The number of aromatic nitrogens is 4. The van der Waals surface area contributed by atoms with Crippen LogP contribution in [0.15, 0.2) is 42.5 Å². The number of nitrogens with one attached hydrogen (secondary N) is 1. The van der Waals surface area contributed by atoms with E-state index in [0.29, 0.717) is 28.6 Å². The molecule has 1 aliphatic carbocycles. The minimum Gasteiger partial charge on any atom is -0.475 e. The third kappa shape index (κ3) is 4.94. The number of aryl methyl sites for hydroxylation is 2. The van der Waals surface area contributed by atoms with E-state index in [0.717, 1.165) is 48.1 Å². The van der Waals surface area contributed by atoms with E-state index in [4.69, 9.17) is 4.98 Å². The number of imidazole rings is 1. The fourth-order valence-electron chi connectivity index (χ4n) is 4.82. The maximum absolute atomic E-state index is 13.2. The summed E-state index contributed by atoms with van der Waals surface area (Å²) >= 11 is 0. The summed E-state index contributed by atoms with van der Waals surface area (Å²) in [6, 6.07) is 11.0. The number of alkyl halides is 3. The summed E-state index contributed by atoms with van der Waals surface area (Å²) in [6.45, 7) is 6.14. The van der Waals surface area contributed by atoms with Gasteiger partial charge in [-0.2, -0.15) is 13.2 Å². The summed E-state index contributed by atoms with van der Waals surface area (Å²) in [5, 5.41) is 13.1. The number of anilines is 1. The number of fused-ring (bicyclic) bond motifs is 1. The number of carboxylic acid groups (broad SMARTS) is 1. The zero-order chi connectivity index (χ0) is 27.2. The van der Waals surface area contributed by atoms with Crippen molar-refractivity contribution in [3.8, 4) is 11.4 Å². The Kier molecular flexibility index (Phi) is 6.58. The van der Waals surface area contributed by atoms with Crippen LogP contribution in [0.3, 0.4) is 0 Å². The lowest BCUT2D eigenvalue weighted by Gasteiger charge is -2.32. The molecule has 10 heteroatoms. The van der Waals surface area contributed by atoms with Crippen molar-refractivity contribution in [1.82, 2.24) is 19.5 Å². The molecule has 1 fully saturated rings. The van der Waals surface area contributed by atoms with Crippen molar-refractivity contribution in [3.05, 3.63) is 70.5 Å². The number of aromatic carboxylic acids is 1. The number of hydrogen-bond donors (Lipinski definition) is 2. The Bertz CT molecular complexity index is 1510. The van der Waals surface area contributed by atoms with Gasteiger partial charge in [-0.25, -0.2) is 19.7 Å². The van der Waals surface area contributed by atoms with Crippen LogP contribution in [0, 0.1) is 19.8 Å². The van der Waals surface area contributed by atoms with Crippen LogP contribution in [0.25, 0.3) is 22.6 Å². The summed E-state index contributed by atoms with van der Waals surface area (Å²) in [6.07, 6.45) is -1.13. The Morgan fingerprint density at radius 3 is 2.42 bits per heavy atom. The highest BCUT2D eigenvalue weighted by atomic mass is 19.4. The lowest BCUT2D eigenvalue weighted by atomic mass is 9.80. The van der Waals surface area contributed by atoms with Crippen LogP contribution in [-0.2, 0) is 12.7 Å². The number of rotatable bonds is 7. The summed E-state index contributed by atoms with van der Waals surface area (Å²) < 4.78 is 41.3. The van der Waals surface area contributed by atoms with E-state index >= 15 is 0 Å². The van der Waals surface area contributed by atoms with Crippen LogP contribution >= 0.6 is 0 Å². The Morgan fingerprint density at radius 1 is 1.11 bits per heavy atom. The fourth-order valence-corrected chi connectivity index (χ4v) is 4.82. The number of carboxylic acids is 1. The summed E-state index contributed by atoms with van der Waals surface area (Å²) in [7, 11) is 0. The lowest BCUT2D eigenvalue weighted by molar-refractivity contribution is -0.137. The first-order valence-electron chi connectivity index (χ1n) is 12.5. The molecule has 1 saturated carbocycles. The third-order valence-corrected chi connectivity index (χ3v) is 7.27. The maximum atomic E-state index is 13.2. The van der Waals surface area contributed by atoms with Crippen molar-refractivity contribution < 1.29 is 23.1 Å². The van der Waals surface area contributed by atoms with Gasteiger partial charge in [-0.3, -0.25) is 0 Å². The van der Waals surface area contributed by atoms with Crippen LogP contribution in [0.2, 0.25) is 0 Å². The molecular weight excluding hydrogens is 495 g/mol. The average molecular weight is 524 g/mol. The zero-order valence-corrected chi connectivity index (χ0v) is 21.3. The monoisotopic (exact) mass is 523 g/mol. The van der Waals surface area contributed by atoms with Gasteiger partial charge >= 0.3 is 12.1 Å². The van der Waals surface area contributed by atoms with Gasteiger partial charge < -0.3 is 15.0 Å². The van der Waals surface area contributed by atoms with Gasteiger partial charge in [-0.05, 0) is 68.9 Å². The van der Waals surface area contributed by atoms with Gasteiger partial charge in [0.25, 0.3) is 0 Å². The lowest BCUT2D eigenvalue weighted by Crippen LogP contribution is -2.31. The number of hydrogen-bond acceptors (Lipinski definition) is 5. The minimum atomic E-state index is -4.43. The van der Waals surface area contributed by atoms with Crippen molar-refractivity contribution in [2.24, 2.45) is 5.92 Å². The van der Waals surface area contributed by atoms with Crippen LogP contribution < -0.4 is 5.32 Å². The van der Waals surface area contributed by atoms with E-state index in [1.54, 1.807) is 0 Å². The third-order valence-electron chi connectivity index (χ3n) is 7.27. The molecule has 2 heterocycles. The second kappa shape index (κ2) is 9.74. The molecule has 38 heavy (non-hydrogen) atoms. The maximum Gasteiger partial charge on any atom is 0.416 e. The standard InChI is InChI=1S/C28H28F3N5O2/c1-15-7-8-16(2)21(13-15)26-35-24-22(36(26)14-18-9-11-20(12-10-18)28(29,30)31)23(33-25(34-24)27(37)38)32-17(3)19-5-4-6-19/h7-13,17,19H,4-6,14H2,1-3H3,(H,37,38)(H,32,33,34)/t17-/m1/s1. The van der Waals surface area contributed by atoms with Crippen molar-refractivity contribution in [2.45, 2.75) is 58.8 Å². The van der Waals surface area contributed by atoms with Crippen LogP contribution in [0.1, 0.15) is 59.1 Å². The quantitative estimate of drug-likeness (QED) is 0.288. The topological polar surface area (TPSA) is 92.9 Å². The van der Waals surface area contributed by atoms with E-state index in [-0.39, 0.29) is 24.1 Å². The van der Waals surface area contributed by atoms with Crippen LogP contribution in [-0.4, -0.2) is 36.6 Å². The van der Waals surface area contributed by atoms with Gasteiger partial charge in [0.1, 0.15) is 11.3 Å². The average Bonchev–Trinajstić information content (AvgIpc) is 3.17. The molecular formula is C28H28F3N5O2. The van der Waals surface area contributed by atoms with Gasteiger partial charge in [0, 0.05) is 18.2 Å². The zero-order valence-electron chi connectivity index (χ0n) is 21.3. The molecule has 0 amide bonds. The molecule has 0 spiro atoms. The van der Waals surface area contributed by atoms with E-state index in [1.165, 1.54) is 12.1 Å². The highest BCUT2D eigenvalue weighted by Crippen LogP contribution is 2.35. The number of carbonyl (C=O) groups is 1. The van der Waals surface area contributed by atoms with E-state index in [9.17, 15) is 23.1 Å². The van der Waals surface area contributed by atoms with E-state index in [2.05, 4.69) is 15.3 Å². The molecule has 2 aromatic carbocycles. The largest absolute Gasteiger partial charge is 0.475 e. The fraction of sp³-hybridized carbons (Fsp3) is 0.357. The first-order chi connectivity index (χ1) is 18.0.